The number of nitrogens with one attached hydrogen (secondary N) is 2. The second-order valence-corrected chi connectivity index (χ2v) is 10.2. The van der Waals surface area contributed by atoms with Gasteiger partial charge in [0.15, 0.2) is 5.69 Å². The average Bonchev–Trinajstić information content (AvgIpc) is 2.93. The molecule has 0 spiro atoms. The van der Waals surface area contributed by atoms with E-state index in [9.17, 15) is 9.59 Å². The Morgan fingerprint density at radius 1 is 1.18 bits per heavy atom. The number of hydrogen-bond donors (Lipinski definition) is 2. The van der Waals surface area contributed by atoms with Crippen molar-refractivity contribution in [2.24, 2.45) is 5.41 Å². The summed E-state index contributed by atoms with van der Waals surface area (Å²) in [5, 5.41) is 6.06. The van der Waals surface area contributed by atoms with Crippen molar-refractivity contribution in [2.75, 3.05) is 51.3 Å². The second-order valence-electron chi connectivity index (χ2n) is 10.2. The van der Waals surface area contributed by atoms with Crippen LogP contribution >= 0.6 is 0 Å². The van der Waals surface area contributed by atoms with Gasteiger partial charge >= 0.3 is 0 Å². The molecule has 1 saturated heterocycles. The molecule has 4 rings (SSSR count). The Morgan fingerprint density at radius 2 is 2.00 bits per heavy atom. The van der Waals surface area contributed by atoms with E-state index in [2.05, 4.69) is 39.3 Å². The minimum atomic E-state index is -0.226. The largest absolute Gasteiger partial charge is 0.492 e. The van der Waals surface area contributed by atoms with Gasteiger partial charge in [0.2, 0.25) is 5.91 Å². The number of pyridine rings is 2. The molecule has 1 aliphatic carbocycles. The predicted molar refractivity (Wildman–Crippen MR) is 149 cm³/mol. The lowest BCUT2D eigenvalue weighted by molar-refractivity contribution is -0.148. The highest BCUT2D eigenvalue weighted by Gasteiger charge is 2.46. The molecule has 1 atom stereocenters. The molecule has 9 nitrogen and oxygen atoms in total. The molecule has 0 aromatic carbocycles. The number of carbonyl (C=O) groups excluding carboxylic acids is 2. The van der Waals surface area contributed by atoms with Crippen LogP contribution in [-0.2, 0) is 4.79 Å². The number of piperazine rings is 1. The van der Waals surface area contributed by atoms with Crippen molar-refractivity contribution in [3.05, 3.63) is 36.3 Å². The van der Waals surface area contributed by atoms with Crippen LogP contribution in [0, 0.1) is 5.41 Å². The van der Waals surface area contributed by atoms with Crippen LogP contribution in [0.25, 0.3) is 11.3 Å². The number of likely N-dealkylation sites (N-methyl/N-ethyl adjacent to an activating group) is 1. The number of amides is 2. The first-order valence-corrected chi connectivity index (χ1v) is 14.0. The summed E-state index contributed by atoms with van der Waals surface area (Å²) in [6.07, 6.45) is 8.31. The first kappa shape index (κ1) is 27.8. The molecule has 2 aromatic heterocycles. The molecule has 1 aliphatic heterocycles. The molecule has 9 heteroatoms. The van der Waals surface area contributed by atoms with Gasteiger partial charge in [-0.3, -0.25) is 14.6 Å². The summed E-state index contributed by atoms with van der Waals surface area (Å²) in [6, 6.07) is 5.79. The van der Waals surface area contributed by atoms with Crippen molar-refractivity contribution in [1.82, 2.24) is 25.5 Å². The number of rotatable bonds is 11. The van der Waals surface area contributed by atoms with Crippen LogP contribution in [-0.4, -0.2) is 79.1 Å². The number of hydrogen-bond acceptors (Lipinski definition) is 7. The molecule has 0 bridgehead atoms. The maximum absolute atomic E-state index is 13.5. The zero-order valence-corrected chi connectivity index (χ0v) is 23.3. The van der Waals surface area contributed by atoms with Gasteiger partial charge < -0.3 is 25.2 Å². The van der Waals surface area contributed by atoms with Gasteiger partial charge in [-0.2, -0.15) is 0 Å². The molecule has 3 heterocycles. The van der Waals surface area contributed by atoms with Gasteiger partial charge in [-0.25, -0.2) is 4.98 Å². The molecule has 38 heavy (non-hydrogen) atoms. The summed E-state index contributed by atoms with van der Waals surface area (Å²) in [5.41, 5.74) is 2.33. The minimum Gasteiger partial charge on any atom is -0.492 e. The lowest BCUT2D eigenvalue weighted by Gasteiger charge is -2.48. The summed E-state index contributed by atoms with van der Waals surface area (Å²) in [5.74, 6) is 0.695. The van der Waals surface area contributed by atoms with E-state index in [4.69, 9.17) is 9.72 Å². The topological polar surface area (TPSA) is 99.7 Å². The highest BCUT2D eigenvalue weighted by Crippen LogP contribution is 2.46. The molecule has 2 aliphatic rings. The van der Waals surface area contributed by atoms with Crippen LogP contribution in [0.1, 0.15) is 63.4 Å². The molecular formula is C29H42N6O3. The fraction of sp³-hybridized carbons (Fsp3) is 0.586. The van der Waals surface area contributed by atoms with Gasteiger partial charge in [-0.05, 0) is 51.8 Å². The van der Waals surface area contributed by atoms with Gasteiger partial charge in [0.25, 0.3) is 5.91 Å². The van der Waals surface area contributed by atoms with Crippen molar-refractivity contribution in [3.63, 3.8) is 0 Å². The van der Waals surface area contributed by atoms with Crippen LogP contribution in [0.2, 0.25) is 0 Å². The molecule has 2 fully saturated rings. The SMILES string of the molecule is CCOc1cc(N2CCN(C(=O)C3(CC)CCC3)C[C@H]2CC)c(C(=O)NCCNC)nc1-c1cccnc1. The van der Waals surface area contributed by atoms with E-state index < -0.39 is 0 Å². The second kappa shape index (κ2) is 12.6. The Bertz CT molecular complexity index is 1100. The molecule has 2 aromatic rings. The summed E-state index contributed by atoms with van der Waals surface area (Å²) in [7, 11) is 1.85. The van der Waals surface area contributed by atoms with Gasteiger partial charge in [-0.15, -0.1) is 0 Å². The molecule has 0 radical (unpaired) electrons. The Labute approximate surface area is 226 Å². The van der Waals surface area contributed by atoms with Gasteiger partial charge in [0.1, 0.15) is 11.4 Å². The standard InChI is InChI=1S/C29H42N6O3/c1-5-22-20-34(28(37)29(6-2)11-9-12-29)16-17-35(22)23-18-24(38-7-3)25(21-10-8-13-31-19-21)33-26(23)27(36)32-15-14-30-4/h8,10,13,18-19,22,30H,5-7,9,11-12,14-17,20H2,1-4H3,(H,32,36)/t22-/m1/s1. The maximum Gasteiger partial charge on any atom is 0.272 e. The lowest BCUT2D eigenvalue weighted by atomic mass is 9.66. The van der Waals surface area contributed by atoms with Crippen molar-refractivity contribution in [3.8, 4) is 17.0 Å². The lowest BCUT2D eigenvalue weighted by Crippen LogP contribution is -2.59. The van der Waals surface area contributed by atoms with Gasteiger partial charge in [-0.1, -0.05) is 20.3 Å². The first-order chi connectivity index (χ1) is 18.5. The van der Waals surface area contributed by atoms with Crippen molar-refractivity contribution in [1.29, 1.82) is 0 Å². The normalized spacial score (nSPS) is 18.6. The van der Waals surface area contributed by atoms with E-state index in [1.54, 1.807) is 12.4 Å². The number of aromatic nitrogens is 2. The van der Waals surface area contributed by atoms with E-state index in [1.165, 1.54) is 0 Å². The van der Waals surface area contributed by atoms with Crippen LogP contribution < -0.4 is 20.3 Å². The third-order valence-corrected chi connectivity index (χ3v) is 8.07. The highest BCUT2D eigenvalue weighted by molar-refractivity contribution is 5.99. The molecule has 1 saturated carbocycles. The number of nitrogens with zero attached hydrogens (tertiary/aromatic N) is 4. The van der Waals surface area contributed by atoms with E-state index in [1.807, 2.05) is 32.2 Å². The monoisotopic (exact) mass is 522 g/mol. The van der Waals surface area contributed by atoms with Crippen molar-refractivity contribution in [2.45, 2.75) is 58.9 Å². The summed E-state index contributed by atoms with van der Waals surface area (Å²) >= 11 is 0. The maximum atomic E-state index is 13.5. The van der Waals surface area contributed by atoms with Crippen molar-refractivity contribution < 1.29 is 14.3 Å². The van der Waals surface area contributed by atoms with Gasteiger partial charge in [0.05, 0.1) is 12.3 Å². The molecule has 2 N–H and O–H groups in total. The Balaban J connectivity index is 1.70. The van der Waals surface area contributed by atoms with E-state index in [0.717, 1.165) is 43.4 Å². The predicted octanol–water partition coefficient (Wildman–Crippen LogP) is 3.50. The third kappa shape index (κ3) is 5.62. The third-order valence-electron chi connectivity index (χ3n) is 8.07. The summed E-state index contributed by atoms with van der Waals surface area (Å²) in [6.45, 7) is 9.75. The Hall–Kier alpha value is -3.20. The molecule has 0 unspecified atom stereocenters. The molecular weight excluding hydrogens is 480 g/mol. The highest BCUT2D eigenvalue weighted by atomic mass is 16.5. The fourth-order valence-electron chi connectivity index (χ4n) is 5.59. The van der Waals surface area contributed by atoms with Crippen LogP contribution in [0.3, 0.4) is 0 Å². The Kier molecular flexibility index (Phi) is 9.20. The summed E-state index contributed by atoms with van der Waals surface area (Å²) in [4.78, 5) is 40.4. The minimum absolute atomic E-state index is 0.0751. The Morgan fingerprint density at radius 3 is 2.61 bits per heavy atom. The number of ether oxygens (including phenoxy) is 1. The zero-order valence-electron chi connectivity index (χ0n) is 23.3. The molecule has 2 amide bonds. The van der Waals surface area contributed by atoms with E-state index >= 15 is 0 Å². The van der Waals surface area contributed by atoms with Crippen LogP contribution in [0.4, 0.5) is 5.69 Å². The zero-order chi connectivity index (χ0) is 27.1. The van der Waals surface area contributed by atoms with Crippen LogP contribution in [0.15, 0.2) is 30.6 Å². The average molecular weight is 523 g/mol. The van der Waals surface area contributed by atoms with Gasteiger partial charge in [0, 0.05) is 68.2 Å². The number of carbonyl (C=O) groups is 2. The quantitative estimate of drug-likeness (QED) is 0.436. The van der Waals surface area contributed by atoms with Crippen molar-refractivity contribution >= 4 is 17.5 Å². The number of anilines is 1. The fourth-order valence-corrected chi connectivity index (χ4v) is 5.59. The smallest absolute Gasteiger partial charge is 0.272 e. The summed E-state index contributed by atoms with van der Waals surface area (Å²) < 4.78 is 6.04. The molecule has 206 valence electrons. The van der Waals surface area contributed by atoms with Crippen LogP contribution in [0.5, 0.6) is 5.75 Å². The van der Waals surface area contributed by atoms with E-state index in [0.29, 0.717) is 62.4 Å². The first-order valence-electron chi connectivity index (χ1n) is 14.0. The van der Waals surface area contributed by atoms with E-state index in [-0.39, 0.29) is 17.4 Å².